The highest BCUT2D eigenvalue weighted by Crippen LogP contribution is 2.26. The molecule has 1 aliphatic heterocycles. The summed E-state index contributed by atoms with van der Waals surface area (Å²) in [5, 5.41) is 21.4. The van der Waals surface area contributed by atoms with Crippen LogP contribution in [-0.4, -0.2) is 33.0 Å². The summed E-state index contributed by atoms with van der Waals surface area (Å²) < 4.78 is 0. The molecule has 0 fully saturated rings. The van der Waals surface area contributed by atoms with Crippen molar-refractivity contribution in [3.05, 3.63) is 83.2 Å². The molecule has 4 rings (SSSR count). The Hall–Kier alpha value is -4.05. The maximum Gasteiger partial charge on any atom is 0.254 e. The van der Waals surface area contributed by atoms with Gasteiger partial charge in [-0.1, -0.05) is 36.4 Å². The van der Waals surface area contributed by atoms with Crippen LogP contribution < -0.4 is 5.32 Å². The van der Waals surface area contributed by atoms with Crippen LogP contribution in [0, 0.1) is 29.6 Å². The number of rotatable bonds is 3. The number of benzene rings is 2. The Kier molecular flexibility index (Phi) is 5.22. The second-order valence-corrected chi connectivity index (χ2v) is 7.09. The Labute approximate surface area is 174 Å². The van der Waals surface area contributed by atoms with E-state index >= 15 is 0 Å². The van der Waals surface area contributed by atoms with E-state index in [1.807, 2.05) is 36.4 Å². The molecule has 2 heterocycles. The lowest BCUT2D eigenvalue weighted by atomic mass is 9.97. The first-order valence-electron chi connectivity index (χ1n) is 9.59. The van der Waals surface area contributed by atoms with E-state index in [0.29, 0.717) is 28.5 Å². The van der Waals surface area contributed by atoms with E-state index in [4.69, 9.17) is 5.41 Å². The number of nitrogens with zero attached hydrogens (tertiary/aromatic N) is 4. The predicted molar refractivity (Wildman–Crippen MR) is 114 cm³/mol. The minimum absolute atomic E-state index is 0.139. The molecule has 1 aromatic heterocycles. The molecule has 1 amide bonds. The smallest absolute Gasteiger partial charge is 0.254 e. The molecule has 1 aliphatic rings. The van der Waals surface area contributed by atoms with Gasteiger partial charge in [0.25, 0.3) is 5.91 Å². The minimum Gasteiger partial charge on any atom is -0.331 e. The maximum atomic E-state index is 13.1. The van der Waals surface area contributed by atoms with Gasteiger partial charge in [-0.15, -0.1) is 0 Å². The number of carbonyl (C=O) groups excluding carboxylic acids is 1. The first kappa shape index (κ1) is 19.3. The molecule has 1 atom stereocenters. The lowest BCUT2D eigenvalue weighted by Crippen LogP contribution is -2.34. The van der Waals surface area contributed by atoms with E-state index in [1.165, 1.54) is 0 Å². The molecule has 0 saturated heterocycles. The zero-order chi connectivity index (χ0) is 21.1. The van der Waals surface area contributed by atoms with Gasteiger partial charge in [0.1, 0.15) is 5.92 Å². The Balaban J connectivity index is 1.74. The Morgan fingerprint density at radius 3 is 2.47 bits per heavy atom. The number of aromatic nitrogens is 2. The van der Waals surface area contributed by atoms with E-state index < -0.39 is 5.92 Å². The monoisotopic (exact) mass is 396 g/mol. The molecule has 148 valence electrons. The molecule has 7 nitrogen and oxygen atoms in total. The third-order valence-electron chi connectivity index (χ3n) is 5.02. The zero-order valence-corrected chi connectivity index (χ0v) is 16.5. The van der Waals surface area contributed by atoms with Crippen molar-refractivity contribution < 1.29 is 4.79 Å². The molecular weight excluding hydrogens is 376 g/mol. The van der Waals surface area contributed by atoms with E-state index in [-0.39, 0.29) is 24.7 Å². The van der Waals surface area contributed by atoms with Crippen LogP contribution in [0.2, 0.25) is 0 Å². The number of nitriles is 1. The van der Waals surface area contributed by atoms with Gasteiger partial charge < -0.3 is 15.6 Å². The average molecular weight is 396 g/mol. The number of hydrogen-bond donors (Lipinski definition) is 2. The number of fused-ring (bicyclic) bond motifs is 1. The van der Waals surface area contributed by atoms with Gasteiger partial charge in [0.2, 0.25) is 5.95 Å². The average Bonchev–Trinajstić information content (AvgIpc) is 2.91. The van der Waals surface area contributed by atoms with Gasteiger partial charge in [-0.2, -0.15) is 5.26 Å². The van der Waals surface area contributed by atoms with Gasteiger partial charge in [0.05, 0.1) is 29.7 Å². The summed E-state index contributed by atoms with van der Waals surface area (Å²) in [6.07, 6.45) is 0. The molecule has 7 heteroatoms. The van der Waals surface area contributed by atoms with Crippen molar-refractivity contribution in [1.29, 1.82) is 10.7 Å². The predicted octanol–water partition coefficient (Wildman–Crippen LogP) is 3.69. The molecule has 1 unspecified atom stereocenters. The SMILES string of the molecule is Cc1nc(Nc2ccccc2)nc2c1C(=N)C(C#N)CN(C(=O)c1ccccc1)C2. The second-order valence-electron chi connectivity index (χ2n) is 7.09. The summed E-state index contributed by atoms with van der Waals surface area (Å²) in [5.74, 6) is -0.535. The zero-order valence-electron chi connectivity index (χ0n) is 16.5. The molecule has 0 spiro atoms. The van der Waals surface area contributed by atoms with Gasteiger partial charge in [-0.05, 0) is 31.2 Å². The quantitative estimate of drug-likeness (QED) is 0.702. The Morgan fingerprint density at radius 1 is 1.13 bits per heavy atom. The van der Waals surface area contributed by atoms with Crippen molar-refractivity contribution in [3.8, 4) is 6.07 Å². The normalized spacial score (nSPS) is 15.7. The molecule has 2 N–H and O–H groups in total. The van der Waals surface area contributed by atoms with Crippen LogP contribution >= 0.6 is 0 Å². The fourth-order valence-electron chi connectivity index (χ4n) is 3.56. The maximum absolute atomic E-state index is 13.1. The third kappa shape index (κ3) is 3.76. The minimum atomic E-state index is -0.742. The lowest BCUT2D eigenvalue weighted by molar-refractivity contribution is 0.0738. The fraction of sp³-hybridized carbons (Fsp3) is 0.174. The summed E-state index contributed by atoms with van der Waals surface area (Å²) in [5.41, 5.74) is 3.25. The van der Waals surface area contributed by atoms with Crippen molar-refractivity contribution in [2.24, 2.45) is 5.92 Å². The highest BCUT2D eigenvalue weighted by molar-refractivity contribution is 6.04. The first-order chi connectivity index (χ1) is 14.6. The number of amides is 1. The van der Waals surface area contributed by atoms with Gasteiger partial charge >= 0.3 is 0 Å². The van der Waals surface area contributed by atoms with Crippen LogP contribution in [0.25, 0.3) is 0 Å². The summed E-state index contributed by atoms with van der Waals surface area (Å²) in [4.78, 5) is 23.8. The summed E-state index contributed by atoms with van der Waals surface area (Å²) >= 11 is 0. The number of nitrogens with one attached hydrogen (secondary N) is 2. The number of aryl methyl sites for hydroxylation is 1. The Morgan fingerprint density at radius 2 is 1.80 bits per heavy atom. The summed E-state index contributed by atoms with van der Waals surface area (Å²) in [7, 11) is 0. The van der Waals surface area contributed by atoms with Crippen molar-refractivity contribution in [2.45, 2.75) is 13.5 Å². The van der Waals surface area contributed by atoms with Gasteiger partial charge in [0.15, 0.2) is 0 Å². The molecule has 0 saturated carbocycles. The number of hydrogen-bond acceptors (Lipinski definition) is 6. The van der Waals surface area contributed by atoms with Gasteiger partial charge in [-0.25, -0.2) is 9.97 Å². The van der Waals surface area contributed by atoms with Crippen molar-refractivity contribution in [2.75, 3.05) is 11.9 Å². The molecule has 0 bridgehead atoms. The van der Waals surface area contributed by atoms with Crippen LogP contribution in [0.4, 0.5) is 11.6 Å². The fourth-order valence-corrected chi connectivity index (χ4v) is 3.56. The third-order valence-corrected chi connectivity index (χ3v) is 5.02. The standard InChI is InChI=1S/C23H20N6O/c1-15-20-19(28-23(26-15)27-18-10-6-3-7-11-18)14-29(13-17(12-24)21(20)25)22(30)16-8-4-2-5-9-16/h2-11,17,25H,13-14H2,1H3,(H,26,27,28). The molecule has 3 aromatic rings. The molecule has 0 aliphatic carbocycles. The highest BCUT2D eigenvalue weighted by Gasteiger charge is 2.32. The topological polar surface area (TPSA) is 106 Å². The lowest BCUT2D eigenvalue weighted by Gasteiger charge is -2.22. The number of para-hydroxylation sites is 1. The van der Waals surface area contributed by atoms with Crippen molar-refractivity contribution in [3.63, 3.8) is 0 Å². The van der Waals surface area contributed by atoms with Crippen LogP contribution in [-0.2, 0) is 6.54 Å². The van der Waals surface area contributed by atoms with Crippen LogP contribution in [0.5, 0.6) is 0 Å². The van der Waals surface area contributed by atoms with E-state index in [1.54, 1.807) is 36.1 Å². The van der Waals surface area contributed by atoms with Crippen molar-refractivity contribution >= 4 is 23.3 Å². The van der Waals surface area contributed by atoms with E-state index in [2.05, 4.69) is 21.4 Å². The highest BCUT2D eigenvalue weighted by atomic mass is 16.2. The second kappa shape index (κ2) is 8.13. The molecular formula is C23H20N6O. The Bertz CT molecular complexity index is 1140. The van der Waals surface area contributed by atoms with Crippen LogP contribution in [0.1, 0.15) is 27.3 Å². The van der Waals surface area contributed by atoms with Crippen molar-refractivity contribution in [1.82, 2.24) is 14.9 Å². The van der Waals surface area contributed by atoms with Crippen LogP contribution in [0.3, 0.4) is 0 Å². The molecule has 30 heavy (non-hydrogen) atoms. The summed E-state index contributed by atoms with van der Waals surface area (Å²) in [6, 6.07) is 20.7. The number of anilines is 2. The summed E-state index contributed by atoms with van der Waals surface area (Å²) in [6.45, 7) is 2.14. The van der Waals surface area contributed by atoms with E-state index in [0.717, 1.165) is 5.69 Å². The molecule has 0 radical (unpaired) electrons. The van der Waals surface area contributed by atoms with Gasteiger partial charge in [0, 0.05) is 23.4 Å². The first-order valence-corrected chi connectivity index (χ1v) is 9.59. The largest absolute Gasteiger partial charge is 0.331 e. The number of carbonyl (C=O) groups is 1. The van der Waals surface area contributed by atoms with Crippen LogP contribution in [0.15, 0.2) is 60.7 Å². The molecule has 2 aromatic carbocycles. The van der Waals surface area contributed by atoms with E-state index in [9.17, 15) is 10.1 Å². The van der Waals surface area contributed by atoms with Gasteiger partial charge in [-0.3, -0.25) is 4.79 Å².